The number of rotatable bonds is 4. The van der Waals surface area contributed by atoms with Crippen LogP contribution < -0.4 is 11.5 Å². The van der Waals surface area contributed by atoms with Crippen LogP contribution in [0.25, 0.3) is 11.1 Å². The summed E-state index contributed by atoms with van der Waals surface area (Å²) in [6, 6.07) is 36.2. The van der Waals surface area contributed by atoms with Crippen LogP contribution in [0.4, 0.5) is 5.69 Å². The minimum Gasteiger partial charge on any atom is -0.398 e. The smallest absolute Gasteiger partial charge is 0.0360 e. The summed E-state index contributed by atoms with van der Waals surface area (Å²) in [6.07, 6.45) is 0. The van der Waals surface area contributed by atoms with E-state index < -0.39 is 0 Å². The molecule has 2 nitrogen and oxygen atoms in total. The lowest BCUT2D eigenvalue weighted by molar-refractivity contribution is 0.981. The molecule has 4 aromatic rings. The normalized spacial score (nSPS) is 11.3. The van der Waals surface area contributed by atoms with Crippen LogP contribution in [-0.2, 0) is 0 Å². The van der Waals surface area contributed by atoms with Gasteiger partial charge >= 0.3 is 0 Å². The number of hydrogen-bond acceptors (Lipinski definition) is 2. The van der Waals surface area contributed by atoms with Gasteiger partial charge in [-0.1, -0.05) is 103 Å². The fraction of sp³-hybridized carbons (Fsp3) is 0.111. The van der Waals surface area contributed by atoms with Gasteiger partial charge in [0.05, 0.1) is 0 Å². The van der Waals surface area contributed by atoms with Crippen molar-refractivity contribution in [1.82, 2.24) is 0 Å². The maximum atomic E-state index is 6.37. The van der Waals surface area contributed by atoms with Gasteiger partial charge in [-0.2, -0.15) is 0 Å². The second kappa shape index (κ2) is 9.72. The quantitative estimate of drug-likeness (QED) is 0.337. The molecule has 0 saturated carbocycles. The van der Waals surface area contributed by atoms with E-state index in [-0.39, 0.29) is 5.92 Å². The molecule has 4 aromatic carbocycles. The first-order valence-corrected chi connectivity index (χ1v) is 9.86. The Kier molecular flexibility index (Phi) is 6.83. The van der Waals surface area contributed by atoms with Gasteiger partial charge in [0.15, 0.2) is 0 Å². The molecule has 29 heavy (non-hydrogen) atoms. The van der Waals surface area contributed by atoms with Crippen molar-refractivity contribution >= 4 is 5.69 Å². The summed E-state index contributed by atoms with van der Waals surface area (Å²) < 4.78 is 0. The van der Waals surface area contributed by atoms with Crippen LogP contribution in [0.1, 0.15) is 28.2 Å². The molecule has 0 amide bonds. The van der Waals surface area contributed by atoms with Crippen molar-refractivity contribution in [1.29, 1.82) is 0 Å². The number of hydrogen-bond donors (Lipinski definition) is 2. The Balaban J connectivity index is 0.00000117. The minimum atomic E-state index is 0.108. The van der Waals surface area contributed by atoms with E-state index in [0.717, 1.165) is 11.3 Å². The Hall–Kier alpha value is -3.36. The molecule has 0 aliphatic rings. The van der Waals surface area contributed by atoms with Crippen LogP contribution in [0, 0.1) is 6.92 Å². The first-order chi connectivity index (χ1) is 14.2. The SMILES string of the molecule is CN.Cc1cccc(-c2cccc(C(c3ccccc3)c3ccccc3N)c2)c1. The molecule has 146 valence electrons. The van der Waals surface area contributed by atoms with E-state index >= 15 is 0 Å². The molecule has 0 bridgehead atoms. The van der Waals surface area contributed by atoms with Crippen LogP contribution >= 0.6 is 0 Å². The Morgan fingerprint density at radius 3 is 1.86 bits per heavy atom. The van der Waals surface area contributed by atoms with Crippen LogP contribution in [0.3, 0.4) is 0 Å². The van der Waals surface area contributed by atoms with Gasteiger partial charge in [0.25, 0.3) is 0 Å². The summed E-state index contributed by atoms with van der Waals surface area (Å²) in [5.41, 5.74) is 19.1. The van der Waals surface area contributed by atoms with Crippen molar-refractivity contribution in [2.45, 2.75) is 12.8 Å². The molecule has 4 N–H and O–H groups in total. The van der Waals surface area contributed by atoms with E-state index in [4.69, 9.17) is 5.73 Å². The number of aryl methyl sites for hydroxylation is 1. The Morgan fingerprint density at radius 1 is 0.586 bits per heavy atom. The number of para-hydroxylation sites is 1. The molecule has 0 aliphatic carbocycles. The van der Waals surface area contributed by atoms with Gasteiger partial charge in [-0.15, -0.1) is 0 Å². The second-order valence-corrected chi connectivity index (χ2v) is 6.97. The van der Waals surface area contributed by atoms with E-state index in [0.29, 0.717) is 0 Å². The highest BCUT2D eigenvalue weighted by Gasteiger charge is 2.19. The van der Waals surface area contributed by atoms with Crippen molar-refractivity contribution in [3.05, 3.63) is 125 Å². The molecule has 4 rings (SSSR count). The summed E-state index contributed by atoms with van der Waals surface area (Å²) in [5, 5.41) is 0. The lowest BCUT2D eigenvalue weighted by Gasteiger charge is -2.21. The van der Waals surface area contributed by atoms with Crippen LogP contribution in [-0.4, -0.2) is 7.05 Å². The standard InChI is InChI=1S/C26H23N.CH5N/c1-19-9-7-12-21(17-19)22-13-8-14-23(18-22)26(20-10-3-2-4-11-20)24-15-5-6-16-25(24)27;1-2/h2-18,26H,27H2,1H3;2H2,1H3. The fourth-order valence-corrected chi connectivity index (χ4v) is 3.69. The van der Waals surface area contributed by atoms with E-state index in [9.17, 15) is 0 Å². The van der Waals surface area contributed by atoms with Gasteiger partial charge < -0.3 is 11.5 Å². The predicted molar refractivity (Wildman–Crippen MR) is 125 cm³/mol. The van der Waals surface area contributed by atoms with Crippen LogP contribution in [0.5, 0.6) is 0 Å². The maximum Gasteiger partial charge on any atom is 0.0360 e. The van der Waals surface area contributed by atoms with Crippen molar-refractivity contribution < 1.29 is 0 Å². The van der Waals surface area contributed by atoms with Crippen molar-refractivity contribution in [2.24, 2.45) is 5.73 Å². The first-order valence-electron chi connectivity index (χ1n) is 9.86. The second-order valence-electron chi connectivity index (χ2n) is 6.97. The molecule has 0 fully saturated rings. The average molecular weight is 381 g/mol. The molecule has 1 unspecified atom stereocenters. The molecule has 0 aliphatic heterocycles. The van der Waals surface area contributed by atoms with Gasteiger partial charge in [0.2, 0.25) is 0 Å². The molecule has 2 heteroatoms. The Morgan fingerprint density at radius 2 is 1.17 bits per heavy atom. The maximum absolute atomic E-state index is 6.37. The van der Waals surface area contributed by atoms with Gasteiger partial charge in [-0.25, -0.2) is 0 Å². The molecular weight excluding hydrogens is 352 g/mol. The summed E-state index contributed by atoms with van der Waals surface area (Å²) >= 11 is 0. The highest BCUT2D eigenvalue weighted by molar-refractivity contribution is 5.66. The predicted octanol–water partition coefficient (Wildman–Crippen LogP) is 6.00. The molecular formula is C27H28N2. The third-order valence-electron chi connectivity index (χ3n) is 5.01. The molecule has 0 spiro atoms. The highest BCUT2D eigenvalue weighted by atomic mass is 14.6. The monoisotopic (exact) mass is 380 g/mol. The van der Waals surface area contributed by atoms with Crippen LogP contribution in [0.2, 0.25) is 0 Å². The molecule has 1 atom stereocenters. The van der Waals surface area contributed by atoms with Crippen molar-refractivity contribution in [3.63, 3.8) is 0 Å². The third kappa shape index (κ3) is 4.74. The van der Waals surface area contributed by atoms with Gasteiger partial charge in [0.1, 0.15) is 0 Å². The van der Waals surface area contributed by atoms with Crippen molar-refractivity contribution in [3.8, 4) is 11.1 Å². The zero-order valence-electron chi connectivity index (χ0n) is 17.0. The lowest BCUT2D eigenvalue weighted by atomic mass is 9.83. The zero-order valence-corrected chi connectivity index (χ0v) is 17.0. The van der Waals surface area contributed by atoms with Gasteiger partial charge in [0, 0.05) is 11.6 Å². The summed E-state index contributed by atoms with van der Waals surface area (Å²) in [5.74, 6) is 0.108. The summed E-state index contributed by atoms with van der Waals surface area (Å²) in [4.78, 5) is 0. The topological polar surface area (TPSA) is 52.0 Å². The number of nitrogen functional groups attached to an aromatic ring is 1. The van der Waals surface area contributed by atoms with Crippen LogP contribution in [0.15, 0.2) is 103 Å². The molecule has 0 radical (unpaired) electrons. The fourth-order valence-electron chi connectivity index (χ4n) is 3.69. The minimum absolute atomic E-state index is 0.108. The van der Waals surface area contributed by atoms with E-state index in [2.05, 4.69) is 104 Å². The Labute approximate surface area is 173 Å². The lowest BCUT2D eigenvalue weighted by Crippen LogP contribution is -2.06. The third-order valence-corrected chi connectivity index (χ3v) is 5.01. The van der Waals surface area contributed by atoms with E-state index in [1.165, 1.54) is 34.9 Å². The first kappa shape index (κ1) is 20.4. The molecule has 0 saturated heterocycles. The average Bonchev–Trinajstić information content (AvgIpc) is 2.78. The summed E-state index contributed by atoms with van der Waals surface area (Å²) in [7, 11) is 1.50. The summed E-state index contributed by atoms with van der Waals surface area (Å²) in [6.45, 7) is 2.13. The largest absolute Gasteiger partial charge is 0.398 e. The highest BCUT2D eigenvalue weighted by Crippen LogP contribution is 2.36. The molecule has 0 heterocycles. The van der Waals surface area contributed by atoms with Crippen molar-refractivity contribution in [2.75, 3.05) is 12.8 Å². The zero-order chi connectivity index (χ0) is 20.6. The number of benzene rings is 4. The molecule has 0 aromatic heterocycles. The van der Waals surface area contributed by atoms with Gasteiger partial charge in [-0.3, -0.25) is 0 Å². The Bertz CT molecular complexity index is 1050. The number of anilines is 1. The van der Waals surface area contributed by atoms with E-state index in [1.54, 1.807) is 0 Å². The van der Waals surface area contributed by atoms with Gasteiger partial charge in [-0.05, 0) is 47.9 Å². The van der Waals surface area contributed by atoms with E-state index in [1.807, 2.05) is 12.1 Å². The number of nitrogens with two attached hydrogens (primary N) is 2.